The number of H-pyrrole nitrogens is 1. The highest BCUT2D eigenvalue weighted by atomic mass is 19.1. The molecule has 4 nitrogen and oxygen atoms in total. The van der Waals surface area contributed by atoms with Gasteiger partial charge in [0.05, 0.1) is 5.56 Å². The minimum absolute atomic E-state index is 0.264. The Kier molecular flexibility index (Phi) is 4.17. The number of nitrogens with two attached hydrogens (primary N) is 1. The van der Waals surface area contributed by atoms with Crippen molar-refractivity contribution in [2.24, 2.45) is 11.7 Å². The standard InChI is InChI=1S/C20H19FN2O2/c1-12(2)20(21,19(22)25)16-9-10-17(23-18(16)24)15-8-7-13-5-3-4-6-14(13)11-15/h3-12H,1-2H3,(H2,22,25)(H,23,24). The number of hydrogen-bond acceptors (Lipinski definition) is 2. The van der Waals surface area contributed by atoms with Crippen molar-refractivity contribution in [2.45, 2.75) is 19.5 Å². The van der Waals surface area contributed by atoms with Crippen LogP contribution in [-0.4, -0.2) is 10.9 Å². The van der Waals surface area contributed by atoms with Gasteiger partial charge in [0.1, 0.15) is 0 Å². The zero-order valence-corrected chi connectivity index (χ0v) is 14.0. The maximum absolute atomic E-state index is 15.1. The average molecular weight is 338 g/mol. The smallest absolute Gasteiger partial charge is 0.260 e. The molecule has 3 N–H and O–H groups in total. The Morgan fingerprint density at radius 1 is 1.08 bits per heavy atom. The van der Waals surface area contributed by atoms with E-state index >= 15 is 4.39 Å². The molecule has 0 spiro atoms. The van der Waals surface area contributed by atoms with Gasteiger partial charge in [-0.2, -0.15) is 0 Å². The number of carbonyl (C=O) groups excluding carboxylic acids is 1. The summed E-state index contributed by atoms with van der Waals surface area (Å²) in [5.41, 5.74) is 3.15. The summed E-state index contributed by atoms with van der Waals surface area (Å²) in [7, 11) is 0. The van der Waals surface area contributed by atoms with Crippen LogP contribution in [0.3, 0.4) is 0 Å². The summed E-state index contributed by atoms with van der Waals surface area (Å²) in [5, 5.41) is 2.12. The van der Waals surface area contributed by atoms with Crippen LogP contribution in [0.2, 0.25) is 0 Å². The molecule has 0 fully saturated rings. The number of pyridine rings is 1. The van der Waals surface area contributed by atoms with Gasteiger partial charge >= 0.3 is 0 Å². The van der Waals surface area contributed by atoms with Gasteiger partial charge in [-0.3, -0.25) is 9.59 Å². The minimum Gasteiger partial charge on any atom is -0.367 e. The SMILES string of the molecule is CC(C)C(F)(C(N)=O)c1ccc(-c2ccc3ccccc3c2)[nH]c1=O. The lowest BCUT2D eigenvalue weighted by Crippen LogP contribution is -2.45. The van der Waals surface area contributed by atoms with Crippen molar-refractivity contribution in [1.82, 2.24) is 4.98 Å². The number of halogens is 1. The Morgan fingerprint density at radius 2 is 1.76 bits per heavy atom. The number of benzene rings is 2. The lowest BCUT2D eigenvalue weighted by molar-refractivity contribution is -0.133. The Labute approximate surface area is 144 Å². The van der Waals surface area contributed by atoms with E-state index in [0.717, 1.165) is 16.3 Å². The summed E-state index contributed by atoms with van der Waals surface area (Å²) in [6, 6.07) is 16.6. The summed E-state index contributed by atoms with van der Waals surface area (Å²) >= 11 is 0. The maximum Gasteiger partial charge on any atom is 0.260 e. The number of rotatable bonds is 4. The van der Waals surface area contributed by atoms with E-state index in [1.807, 2.05) is 42.5 Å². The number of fused-ring (bicyclic) bond motifs is 1. The quantitative estimate of drug-likeness (QED) is 0.764. The first-order chi connectivity index (χ1) is 11.8. The predicted octanol–water partition coefficient (Wildman–Crippen LogP) is 3.50. The molecule has 0 aliphatic rings. The zero-order chi connectivity index (χ0) is 18.2. The number of carbonyl (C=O) groups is 1. The van der Waals surface area contributed by atoms with Crippen LogP contribution in [0.4, 0.5) is 4.39 Å². The highest BCUT2D eigenvalue weighted by Crippen LogP contribution is 2.32. The van der Waals surface area contributed by atoms with Crippen molar-refractivity contribution in [3.63, 3.8) is 0 Å². The van der Waals surface area contributed by atoms with Crippen LogP contribution in [-0.2, 0) is 10.5 Å². The zero-order valence-electron chi connectivity index (χ0n) is 14.0. The van der Waals surface area contributed by atoms with E-state index in [9.17, 15) is 9.59 Å². The third kappa shape index (κ3) is 2.82. The van der Waals surface area contributed by atoms with E-state index in [0.29, 0.717) is 5.69 Å². The van der Waals surface area contributed by atoms with Gasteiger partial charge in [-0.1, -0.05) is 50.2 Å². The molecular formula is C20H19FN2O2. The van der Waals surface area contributed by atoms with Crippen LogP contribution in [0.15, 0.2) is 59.4 Å². The van der Waals surface area contributed by atoms with Crippen LogP contribution in [0, 0.1) is 5.92 Å². The largest absolute Gasteiger partial charge is 0.367 e. The maximum atomic E-state index is 15.1. The predicted molar refractivity (Wildman–Crippen MR) is 96.8 cm³/mol. The topological polar surface area (TPSA) is 76.0 Å². The molecule has 0 aliphatic carbocycles. The lowest BCUT2D eigenvalue weighted by Gasteiger charge is -2.25. The van der Waals surface area contributed by atoms with E-state index in [-0.39, 0.29) is 5.56 Å². The van der Waals surface area contributed by atoms with Crippen molar-refractivity contribution in [3.05, 3.63) is 70.5 Å². The van der Waals surface area contributed by atoms with Crippen LogP contribution in [0.5, 0.6) is 0 Å². The van der Waals surface area contributed by atoms with Crippen LogP contribution >= 0.6 is 0 Å². The summed E-state index contributed by atoms with van der Waals surface area (Å²) in [6.07, 6.45) is 0. The third-order valence-electron chi connectivity index (χ3n) is 4.52. The second kappa shape index (κ2) is 6.16. The molecule has 3 rings (SSSR count). The number of primary amides is 1. The molecule has 1 aromatic heterocycles. The van der Waals surface area contributed by atoms with E-state index < -0.39 is 23.1 Å². The summed E-state index contributed by atoms with van der Waals surface area (Å²) in [6.45, 7) is 3.03. The lowest BCUT2D eigenvalue weighted by atomic mass is 9.85. The Hall–Kier alpha value is -2.95. The van der Waals surface area contributed by atoms with Crippen LogP contribution in [0.25, 0.3) is 22.0 Å². The molecule has 0 saturated carbocycles. The second-order valence-electron chi connectivity index (χ2n) is 6.41. The van der Waals surface area contributed by atoms with E-state index in [1.54, 1.807) is 6.07 Å². The Bertz CT molecular complexity index is 1010. The third-order valence-corrected chi connectivity index (χ3v) is 4.52. The molecule has 2 aromatic carbocycles. The summed E-state index contributed by atoms with van der Waals surface area (Å²) in [4.78, 5) is 26.7. The fourth-order valence-corrected chi connectivity index (χ4v) is 3.01. The summed E-state index contributed by atoms with van der Waals surface area (Å²) in [5.74, 6) is -1.91. The number of aromatic nitrogens is 1. The molecule has 25 heavy (non-hydrogen) atoms. The minimum atomic E-state index is -2.50. The number of aromatic amines is 1. The molecule has 0 bridgehead atoms. The van der Waals surface area contributed by atoms with Crippen molar-refractivity contribution < 1.29 is 9.18 Å². The van der Waals surface area contributed by atoms with E-state index in [2.05, 4.69) is 4.98 Å². The van der Waals surface area contributed by atoms with Gasteiger partial charge < -0.3 is 10.7 Å². The molecule has 1 atom stereocenters. The molecule has 0 saturated heterocycles. The molecule has 128 valence electrons. The second-order valence-corrected chi connectivity index (χ2v) is 6.41. The van der Waals surface area contributed by atoms with Crippen molar-refractivity contribution in [2.75, 3.05) is 0 Å². The number of nitrogens with one attached hydrogen (secondary N) is 1. The monoisotopic (exact) mass is 338 g/mol. The molecular weight excluding hydrogens is 319 g/mol. The van der Waals surface area contributed by atoms with Gasteiger partial charge in [0.2, 0.25) is 5.67 Å². The highest BCUT2D eigenvalue weighted by molar-refractivity contribution is 5.87. The molecule has 1 amide bonds. The van der Waals surface area contributed by atoms with E-state index in [1.165, 1.54) is 19.9 Å². The van der Waals surface area contributed by atoms with Gasteiger partial charge in [-0.25, -0.2) is 4.39 Å². The molecule has 1 heterocycles. The van der Waals surface area contributed by atoms with E-state index in [4.69, 9.17) is 5.73 Å². The molecule has 1 unspecified atom stereocenters. The highest BCUT2D eigenvalue weighted by Gasteiger charge is 2.44. The normalized spacial score (nSPS) is 13.8. The van der Waals surface area contributed by atoms with Crippen LogP contribution < -0.4 is 11.3 Å². The number of alkyl halides is 1. The number of hydrogen-bond donors (Lipinski definition) is 2. The fourth-order valence-electron chi connectivity index (χ4n) is 3.01. The first kappa shape index (κ1) is 16.9. The fraction of sp³-hybridized carbons (Fsp3) is 0.200. The van der Waals surface area contributed by atoms with Gasteiger partial charge in [0.15, 0.2) is 0 Å². The van der Waals surface area contributed by atoms with Gasteiger partial charge in [0.25, 0.3) is 11.5 Å². The van der Waals surface area contributed by atoms with Crippen molar-refractivity contribution >= 4 is 16.7 Å². The summed E-state index contributed by atoms with van der Waals surface area (Å²) < 4.78 is 15.1. The first-order valence-corrected chi connectivity index (χ1v) is 8.06. The first-order valence-electron chi connectivity index (χ1n) is 8.06. The van der Waals surface area contributed by atoms with Gasteiger partial charge in [-0.15, -0.1) is 0 Å². The Morgan fingerprint density at radius 3 is 2.36 bits per heavy atom. The van der Waals surface area contributed by atoms with Crippen molar-refractivity contribution in [3.8, 4) is 11.3 Å². The molecule has 3 aromatic rings. The molecule has 5 heteroatoms. The van der Waals surface area contributed by atoms with Crippen LogP contribution in [0.1, 0.15) is 19.4 Å². The van der Waals surface area contributed by atoms with Gasteiger partial charge in [0, 0.05) is 11.6 Å². The number of amides is 1. The average Bonchev–Trinajstić information content (AvgIpc) is 2.60. The molecule has 0 aliphatic heterocycles. The van der Waals surface area contributed by atoms with Gasteiger partial charge in [-0.05, 0) is 34.5 Å². The van der Waals surface area contributed by atoms with Crippen molar-refractivity contribution in [1.29, 1.82) is 0 Å². The molecule has 0 radical (unpaired) electrons. The Balaban J connectivity index is 2.10.